The lowest BCUT2D eigenvalue weighted by Gasteiger charge is -2.30. The Morgan fingerprint density at radius 3 is 2.81 bits per heavy atom. The zero-order valence-electron chi connectivity index (χ0n) is 19.3. The van der Waals surface area contributed by atoms with Crippen molar-refractivity contribution >= 4 is 17.5 Å². The van der Waals surface area contributed by atoms with Crippen molar-refractivity contribution in [3.8, 4) is 29.2 Å². The normalized spacial score (nSPS) is 17.9. The second-order valence-corrected chi connectivity index (χ2v) is 8.34. The third-order valence-electron chi connectivity index (χ3n) is 5.61. The zero-order valence-corrected chi connectivity index (χ0v) is 19.3. The topological polar surface area (TPSA) is 123 Å². The van der Waals surface area contributed by atoms with Crippen LogP contribution in [0.2, 0.25) is 0 Å². The van der Waals surface area contributed by atoms with E-state index in [1.165, 1.54) is 17.2 Å². The number of ether oxygens (including phenoxy) is 3. The summed E-state index contributed by atoms with van der Waals surface area (Å²) < 4.78 is 16.5. The van der Waals surface area contributed by atoms with Gasteiger partial charge in [0.2, 0.25) is 5.88 Å². The van der Waals surface area contributed by atoms with Crippen LogP contribution in [0.5, 0.6) is 17.4 Å². The minimum atomic E-state index is -1.14. The lowest BCUT2D eigenvalue weighted by molar-refractivity contribution is -0.140. The lowest BCUT2D eigenvalue weighted by atomic mass is 10.0. The molecule has 0 unspecified atom stereocenters. The number of nitrogens with one attached hydrogen (secondary N) is 1. The summed E-state index contributed by atoms with van der Waals surface area (Å²) in [5.74, 6) is 6.02. The van der Waals surface area contributed by atoms with Crippen LogP contribution in [-0.4, -0.2) is 65.4 Å². The average Bonchev–Trinajstić information content (AvgIpc) is 2.99. The monoisotopic (exact) mass is 486 g/mol. The van der Waals surface area contributed by atoms with Crippen LogP contribution in [0.1, 0.15) is 16.1 Å². The van der Waals surface area contributed by atoms with E-state index >= 15 is 0 Å². The van der Waals surface area contributed by atoms with Crippen molar-refractivity contribution in [2.24, 2.45) is 0 Å². The Balaban J connectivity index is 1.29. The molecule has 0 aliphatic carbocycles. The van der Waals surface area contributed by atoms with Crippen LogP contribution < -0.4 is 19.7 Å². The quantitative estimate of drug-likeness (QED) is 0.533. The van der Waals surface area contributed by atoms with Crippen LogP contribution in [0.4, 0.5) is 5.69 Å². The second-order valence-electron chi connectivity index (χ2n) is 8.34. The van der Waals surface area contributed by atoms with E-state index in [1.54, 1.807) is 55.7 Å². The maximum absolute atomic E-state index is 13.2. The van der Waals surface area contributed by atoms with E-state index in [1.807, 2.05) is 0 Å². The summed E-state index contributed by atoms with van der Waals surface area (Å²) in [5.41, 5.74) is 0.0445. The molecule has 1 aromatic carbocycles. The minimum Gasteiger partial charge on any atom is -0.489 e. The zero-order chi connectivity index (χ0) is 25.1. The fraction of sp³-hybridized carbons (Fsp3) is 0.231. The van der Waals surface area contributed by atoms with Crippen LogP contribution in [-0.2, 0) is 9.53 Å². The fourth-order valence-corrected chi connectivity index (χ4v) is 3.59. The number of likely N-dealkylation sites (N-methyl/N-ethyl adjacent to an activating group) is 1. The smallest absolute Gasteiger partial charge is 0.270 e. The Morgan fingerprint density at radius 2 is 2.06 bits per heavy atom. The number of nitrogens with zero attached hydrogens (tertiary/aromatic N) is 3. The van der Waals surface area contributed by atoms with Gasteiger partial charge in [0.1, 0.15) is 29.8 Å². The van der Waals surface area contributed by atoms with Gasteiger partial charge in [0.05, 0.1) is 18.9 Å². The third kappa shape index (κ3) is 4.98. The number of fused-ring (bicyclic) bond motifs is 1. The molecule has 2 aromatic heterocycles. The summed E-state index contributed by atoms with van der Waals surface area (Å²) in [5, 5.41) is 12.8. The highest BCUT2D eigenvalue weighted by Gasteiger charge is 2.34. The van der Waals surface area contributed by atoms with Crippen molar-refractivity contribution in [2.75, 3.05) is 31.8 Å². The van der Waals surface area contributed by atoms with E-state index in [-0.39, 0.29) is 31.4 Å². The molecule has 4 heterocycles. The van der Waals surface area contributed by atoms with E-state index in [4.69, 9.17) is 14.2 Å². The van der Waals surface area contributed by atoms with Crippen molar-refractivity contribution in [1.82, 2.24) is 15.3 Å². The van der Waals surface area contributed by atoms with Gasteiger partial charge in [0.25, 0.3) is 11.8 Å². The summed E-state index contributed by atoms with van der Waals surface area (Å²) in [6, 6.07) is 12.5. The minimum absolute atomic E-state index is 0.0614. The number of hydrogen-bond donors (Lipinski definition) is 2. The van der Waals surface area contributed by atoms with Crippen molar-refractivity contribution in [3.63, 3.8) is 0 Å². The molecule has 1 atom stereocenters. The number of anilines is 1. The predicted molar refractivity (Wildman–Crippen MR) is 128 cm³/mol. The Labute approximate surface area is 206 Å². The second kappa shape index (κ2) is 9.65. The molecule has 1 saturated heterocycles. The SMILES string of the molecule is CN1C(=O)[C@@H](NC(=O)c2cc(Oc3ccccn3)ccn2)COc2ccc(C#CC3(O)COC3)cc21. The molecule has 10 heteroatoms. The molecule has 0 bridgehead atoms. The molecule has 2 amide bonds. The third-order valence-corrected chi connectivity index (χ3v) is 5.61. The Bertz CT molecular complexity index is 1360. The Hall–Kier alpha value is -4.46. The van der Waals surface area contributed by atoms with E-state index in [0.717, 1.165) is 0 Å². The maximum atomic E-state index is 13.2. The molecule has 2 aliphatic rings. The number of pyridine rings is 2. The molecule has 10 nitrogen and oxygen atoms in total. The number of carbonyl (C=O) groups excluding carboxylic acids is 2. The average molecular weight is 486 g/mol. The van der Waals surface area contributed by atoms with Gasteiger partial charge < -0.3 is 29.5 Å². The van der Waals surface area contributed by atoms with Crippen LogP contribution in [0.25, 0.3) is 0 Å². The van der Waals surface area contributed by atoms with E-state index in [0.29, 0.717) is 28.6 Å². The molecule has 0 spiro atoms. The molecule has 36 heavy (non-hydrogen) atoms. The van der Waals surface area contributed by atoms with E-state index < -0.39 is 17.6 Å². The van der Waals surface area contributed by atoms with Crippen LogP contribution >= 0.6 is 0 Å². The molecule has 2 aliphatic heterocycles. The molecule has 0 radical (unpaired) electrons. The Kier molecular flexibility index (Phi) is 6.25. The molecule has 0 saturated carbocycles. The molecule has 1 fully saturated rings. The van der Waals surface area contributed by atoms with Crippen molar-refractivity contribution in [3.05, 3.63) is 72.2 Å². The molecular formula is C26H22N4O6. The first kappa shape index (κ1) is 23.3. The number of hydrogen-bond acceptors (Lipinski definition) is 8. The summed E-state index contributed by atoms with van der Waals surface area (Å²) in [6.45, 7) is 0.274. The number of carbonyl (C=O) groups is 2. The first-order valence-corrected chi connectivity index (χ1v) is 11.1. The van der Waals surface area contributed by atoms with Gasteiger partial charge in [-0.3, -0.25) is 14.6 Å². The molecule has 2 N–H and O–H groups in total. The first-order valence-electron chi connectivity index (χ1n) is 11.1. The highest BCUT2D eigenvalue weighted by atomic mass is 16.5. The number of aromatic nitrogens is 2. The summed E-state index contributed by atoms with van der Waals surface area (Å²) >= 11 is 0. The lowest BCUT2D eigenvalue weighted by Crippen LogP contribution is -2.49. The Morgan fingerprint density at radius 1 is 1.19 bits per heavy atom. The van der Waals surface area contributed by atoms with Gasteiger partial charge in [0.15, 0.2) is 5.60 Å². The van der Waals surface area contributed by atoms with Gasteiger partial charge in [-0.1, -0.05) is 17.9 Å². The number of rotatable bonds is 4. The van der Waals surface area contributed by atoms with Crippen LogP contribution in [0, 0.1) is 11.8 Å². The van der Waals surface area contributed by atoms with E-state index in [2.05, 4.69) is 27.1 Å². The van der Waals surface area contributed by atoms with Gasteiger partial charge in [-0.2, -0.15) is 0 Å². The predicted octanol–water partition coefficient (Wildman–Crippen LogP) is 1.54. The fourth-order valence-electron chi connectivity index (χ4n) is 3.59. The van der Waals surface area contributed by atoms with Gasteiger partial charge in [-0.05, 0) is 30.3 Å². The largest absolute Gasteiger partial charge is 0.489 e. The standard InChI is InChI=1S/C26H22N4O6/c1-30-21-12-17(7-9-26(33)15-34-16-26)5-6-22(21)35-14-20(25(30)32)29-24(31)19-13-18(8-11-27-19)36-23-4-2-3-10-28-23/h2-6,8,10-13,20,33H,14-16H2,1H3,(H,29,31)/t20-/m0/s1. The van der Waals surface area contributed by atoms with Gasteiger partial charge in [0, 0.05) is 37.1 Å². The number of amides is 2. The number of benzene rings is 1. The first-order chi connectivity index (χ1) is 17.4. The number of aliphatic hydroxyl groups is 1. The van der Waals surface area contributed by atoms with Crippen molar-refractivity contribution in [1.29, 1.82) is 0 Å². The van der Waals surface area contributed by atoms with Gasteiger partial charge in [-0.15, -0.1) is 0 Å². The molecule has 5 rings (SSSR count). The molecule has 182 valence electrons. The van der Waals surface area contributed by atoms with Crippen LogP contribution in [0.3, 0.4) is 0 Å². The summed E-state index contributed by atoms with van der Waals surface area (Å²) in [6.07, 6.45) is 3.04. The van der Waals surface area contributed by atoms with Gasteiger partial charge >= 0.3 is 0 Å². The van der Waals surface area contributed by atoms with E-state index in [9.17, 15) is 14.7 Å². The van der Waals surface area contributed by atoms with Gasteiger partial charge in [-0.25, -0.2) is 4.98 Å². The summed E-state index contributed by atoms with van der Waals surface area (Å²) in [4.78, 5) is 35.6. The van der Waals surface area contributed by atoms with Crippen molar-refractivity contribution in [2.45, 2.75) is 11.6 Å². The van der Waals surface area contributed by atoms with Crippen LogP contribution in [0.15, 0.2) is 60.9 Å². The molecule has 3 aromatic rings. The highest BCUT2D eigenvalue weighted by Crippen LogP contribution is 2.31. The maximum Gasteiger partial charge on any atom is 0.270 e. The summed E-state index contributed by atoms with van der Waals surface area (Å²) in [7, 11) is 1.60. The van der Waals surface area contributed by atoms with Crippen molar-refractivity contribution < 1.29 is 28.9 Å². The highest BCUT2D eigenvalue weighted by molar-refractivity contribution is 6.03. The molecular weight excluding hydrogens is 464 g/mol.